The van der Waals surface area contributed by atoms with Gasteiger partial charge in [-0.15, -0.1) is 0 Å². The van der Waals surface area contributed by atoms with Crippen LogP contribution in [0.2, 0.25) is 0 Å². The number of carbonyl (C=O) groups is 1. The number of hydrogen-bond donors (Lipinski definition) is 1. The topological polar surface area (TPSA) is 49.8 Å². The third-order valence-corrected chi connectivity index (χ3v) is 1.19. The molecule has 1 aliphatic rings. The Balaban J connectivity index is 2.49. The van der Waals surface area contributed by atoms with Crippen LogP contribution in [0.15, 0.2) is 0 Å². The normalized spacial score (nSPS) is 26.9. The highest BCUT2D eigenvalue weighted by atomic mass is 16.7. The van der Waals surface area contributed by atoms with E-state index >= 15 is 0 Å². The van der Waals surface area contributed by atoms with Crippen LogP contribution in [0.1, 0.15) is 13.3 Å². The lowest BCUT2D eigenvalue weighted by Crippen LogP contribution is -2.31. The van der Waals surface area contributed by atoms with Crippen LogP contribution in [0.4, 0.5) is 0 Å². The fourth-order valence-electron chi connectivity index (χ4n) is 0.761. The molecule has 1 saturated heterocycles. The lowest BCUT2D eigenvalue weighted by Gasteiger charge is -2.14. The van der Waals surface area contributed by atoms with Gasteiger partial charge in [0.15, 0.2) is 6.23 Å². The molecule has 1 aliphatic heterocycles. The molecule has 1 rings (SSSR count). The van der Waals surface area contributed by atoms with E-state index in [1.54, 1.807) is 0 Å². The summed E-state index contributed by atoms with van der Waals surface area (Å²) in [4.78, 5) is 15.3. The largest absolute Gasteiger partial charge is 0.371 e. The molecular weight excluding hydrogens is 122 g/mol. The Morgan fingerprint density at radius 3 is 2.78 bits per heavy atom. The smallest absolute Gasteiger partial charge is 0.245 e. The first kappa shape index (κ1) is 6.51. The zero-order valence-electron chi connectivity index (χ0n) is 5.20. The van der Waals surface area contributed by atoms with E-state index in [1.807, 2.05) is 0 Å². The summed E-state index contributed by atoms with van der Waals surface area (Å²) in [7, 11) is 0. The molecular formula is C5H9NO3. The number of aliphatic hydroxyl groups excluding tert-OH is 1. The summed E-state index contributed by atoms with van der Waals surface area (Å²) < 4.78 is 0. The molecule has 4 nitrogen and oxygen atoms in total. The Labute approximate surface area is 53.0 Å². The fraction of sp³-hybridized carbons (Fsp3) is 0.800. The first-order chi connectivity index (χ1) is 4.22. The van der Waals surface area contributed by atoms with Crippen molar-refractivity contribution in [2.75, 3.05) is 6.61 Å². The minimum atomic E-state index is -0.734. The minimum Gasteiger partial charge on any atom is -0.371 e. The summed E-state index contributed by atoms with van der Waals surface area (Å²) in [5.74, 6) is -0.250. The van der Waals surface area contributed by atoms with Crippen LogP contribution in [-0.4, -0.2) is 28.9 Å². The van der Waals surface area contributed by atoms with Crippen molar-refractivity contribution in [3.63, 3.8) is 0 Å². The summed E-state index contributed by atoms with van der Waals surface area (Å²) in [5.41, 5.74) is 0. The molecule has 52 valence electrons. The van der Waals surface area contributed by atoms with Gasteiger partial charge in [0, 0.05) is 13.3 Å². The monoisotopic (exact) mass is 131 g/mol. The number of nitrogens with zero attached hydrogens (tertiary/aromatic N) is 1. The molecule has 0 radical (unpaired) electrons. The zero-order valence-corrected chi connectivity index (χ0v) is 5.20. The summed E-state index contributed by atoms with van der Waals surface area (Å²) in [6, 6.07) is 0. The molecule has 0 spiro atoms. The molecule has 0 aromatic heterocycles. The zero-order chi connectivity index (χ0) is 6.85. The molecule has 9 heavy (non-hydrogen) atoms. The average Bonchev–Trinajstić information content (AvgIpc) is 2.13. The van der Waals surface area contributed by atoms with Gasteiger partial charge in [-0.3, -0.25) is 9.63 Å². The van der Waals surface area contributed by atoms with Crippen LogP contribution in [0.3, 0.4) is 0 Å². The van der Waals surface area contributed by atoms with Crippen LogP contribution < -0.4 is 0 Å². The molecule has 0 aromatic carbocycles. The molecule has 1 fully saturated rings. The SMILES string of the molecule is CC(=O)N1OCCC1O. The van der Waals surface area contributed by atoms with Crippen molar-refractivity contribution in [3.05, 3.63) is 0 Å². The first-order valence-electron chi connectivity index (χ1n) is 2.82. The van der Waals surface area contributed by atoms with Crippen LogP contribution in [0, 0.1) is 0 Å². The number of hydroxylamine groups is 2. The van der Waals surface area contributed by atoms with E-state index in [0.717, 1.165) is 5.06 Å². The van der Waals surface area contributed by atoms with Crippen molar-refractivity contribution < 1.29 is 14.7 Å². The van der Waals surface area contributed by atoms with E-state index in [4.69, 9.17) is 9.94 Å². The molecule has 1 unspecified atom stereocenters. The lowest BCUT2D eigenvalue weighted by atomic mass is 10.4. The summed E-state index contributed by atoms with van der Waals surface area (Å²) >= 11 is 0. The van der Waals surface area contributed by atoms with Gasteiger partial charge in [-0.2, -0.15) is 5.06 Å². The van der Waals surface area contributed by atoms with Gasteiger partial charge in [0.25, 0.3) is 0 Å². The Hall–Kier alpha value is -0.610. The van der Waals surface area contributed by atoms with Gasteiger partial charge in [-0.1, -0.05) is 0 Å². The predicted octanol–water partition coefficient (Wildman–Crippen LogP) is -0.511. The summed E-state index contributed by atoms with van der Waals surface area (Å²) in [6.07, 6.45) is -0.220. The number of hydrogen-bond acceptors (Lipinski definition) is 3. The standard InChI is InChI=1S/C5H9NO3/c1-4(7)6-5(8)2-3-9-6/h5,8H,2-3H2,1H3. The van der Waals surface area contributed by atoms with Crippen molar-refractivity contribution in [2.24, 2.45) is 0 Å². The third-order valence-electron chi connectivity index (χ3n) is 1.19. The highest BCUT2D eigenvalue weighted by Crippen LogP contribution is 2.10. The maximum atomic E-state index is 10.5. The van der Waals surface area contributed by atoms with Crippen molar-refractivity contribution in [3.8, 4) is 0 Å². The maximum absolute atomic E-state index is 10.5. The number of rotatable bonds is 0. The third kappa shape index (κ3) is 1.20. The van der Waals surface area contributed by atoms with Gasteiger partial charge >= 0.3 is 0 Å². The molecule has 1 N–H and O–H groups in total. The van der Waals surface area contributed by atoms with Crippen molar-refractivity contribution in [1.82, 2.24) is 5.06 Å². The van der Waals surface area contributed by atoms with E-state index in [1.165, 1.54) is 6.92 Å². The van der Waals surface area contributed by atoms with Gasteiger partial charge in [-0.05, 0) is 0 Å². The Bertz CT molecular complexity index is 125. The second kappa shape index (κ2) is 2.33. The molecule has 4 heteroatoms. The number of carbonyl (C=O) groups excluding carboxylic acids is 1. The van der Waals surface area contributed by atoms with Crippen LogP contribution >= 0.6 is 0 Å². The van der Waals surface area contributed by atoms with Crippen LogP contribution in [0.25, 0.3) is 0 Å². The molecule has 1 heterocycles. The van der Waals surface area contributed by atoms with Gasteiger partial charge in [0.2, 0.25) is 5.91 Å². The molecule has 0 bridgehead atoms. The minimum absolute atomic E-state index is 0.250. The Kier molecular flexibility index (Phi) is 1.68. The maximum Gasteiger partial charge on any atom is 0.245 e. The van der Waals surface area contributed by atoms with E-state index in [2.05, 4.69) is 0 Å². The van der Waals surface area contributed by atoms with E-state index in [9.17, 15) is 4.79 Å². The second-order valence-corrected chi connectivity index (χ2v) is 1.95. The summed E-state index contributed by atoms with van der Waals surface area (Å²) in [5, 5.41) is 9.93. The number of aliphatic hydroxyl groups is 1. The Morgan fingerprint density at radius 2 is 2.56 bits per heavy atom. The predicted molar refractivity (Wildman–Crippen MR) is 29.1 cm³/mol. The first-order valence-corrected chi connectivity index (χ1v) is 2.82. The van der Waals surface area contributed by atoms with Gasteiger partial charge in [0.1, 0.15) is 0 Å². The lowest BCUT2D eigenvalue weighted by molar-refractivity contribution is -0.194. The van der Waals surface area contributed by atoms with Crippen LogP contribution in [-0.2, 0) is 9.63 Å². The van der Waals surface area contributed by atoms with Crippen molar-refractivity contribution in [1.29, 1.82) is 0 Å². The molecule has 1 atom stereocenters. The average molecular weight is 131 g/mol. The molecule has 1 amide bonds. The summed E-state index contributed by atoms with van der Waals surface area (Å²) in [6.45, 7) is 1.79. The molecule has 0 aromatic rings. The Morgan fingerprint density at radius 1 is 1.89 bits per heavy atom. The highest BCUT2D eigenvalue weighted by molar-refractivity contribution is 5.72. The molecule has 0 saturated carbocycles. The van der Waals surface area contributed by atoms with Crippen LogP contribution in [0.5, 0.6) is 0 Å². The quantitative estimate of drug-likeness (QED) is 0.481. The number of amides is 1. The second-order valence-electron chi connectivity index (χ2n) is 1.95. The van der Waals surface area contributed by atoms with Gasteiger partial charge < -0.3 is 5.11 Å². The van der Waals surface area contributed by atoms with E-state index in [0.29, 0.717) is 13.0 Å². The highest BCUT2D eigenvalue weighted by Gasteiger charge is 2.25. The van der Waals surface area contributed by atoms with E-state index < -0.39 is 6.23 Å². The van der Waals surface area contributed by atoms with Crippen molar-refractivity contribution in [2.45, 2.75) is 19.6 Å². The van der Waals surface area contributed by atoms with E-state index in [-0.39, 0.29) is 5.91 Å². The fourth-order valence-corrected chi connectivity index (χ4v) is 0.761. The van der Waals surface area contributed by atoms with Crippen molar-refractivity contribution >= 4 is 5.91 Å². The van der Waals surface area contributed by atoms with Gasteiger partial charge in [-0.25, -0.2) is 0 Å². The molecule has 0 aliphatic carbocycles. The van der Waals surface area contributed by atoms with Gasteiger partial charge in [0.05, 0.1) is 6.61 Å².